The summed E-state index contributed by atoms with van der Waals surface area (Å²) in [7, 11) is -1.80. The first-order valence-electron chi connectivity index (χ1n) is 10.6. The van der Waals surface area contributed by atoms with Crippen LogP contribution in [0.25, 0.3) is 11.1 Å². The van der Waals surface area contributed by atoms with E-state index >= 15 is 0 Å². The first-order valence-corrected chi connectivity index (χ1v) is 12.1. The van der Waals surface area contributed by atoms with Crippen molar-refractivity contribution in [2.75, 3.05) is 44.7 Å². The van der Waals surface area contributed by atoms with Gasteiger partial charge in [-0.3, -0.25) is 9.69 Å². The number of para-hydroxylation sites is 1. The third-order valence-electron chi connectivity index (χ3n) is 5.81. The molecule has 1 heterocycles. The normalized spacial score (nSPS) is 15.4. The van der Waals surface area contributed by atoms with Gasteiger partial charge in [0, 0.05) is 38.9 Å². The molecule has 0 aliphatic carbocycles. The van der Waals surface area contributed by atoms with Gasteiger partial charge in [-0.25, -0.2) is 8.42 Å². The van der Waals surface area contributed by atoms with E-state index in [1.54, 1.807) is 24.1 Å². The zero-order valence-electron chi connectivity index (χ0n) is 18.1. The lowest BCUT2D eigenvalue weighted by Gasteiger charge is -2.34. The van der Waals surface area contributed by atoms with Crippen LogP contribution < -0.4 is 4.90 Å². The highest BCUT2D eigenvalue weighted by Crippen LogP contribution is 2.23. The molecular weight excluding hydrogens is 422 g/mol. The van der Waals surface area contributed by atoms with Gasteiger partial charge in [-0.05, 0) is 35.4 Å². The Morgan fingerprint density at radius 3 is 1.91 bits per heavy atom. The van der Waals surface area contributed by atoms with E-state index in [2.05, 4.69) is 0 Å². The number of hydrogen-bond acceptors (Lipinski definition) is 4. The summed E-state index contributed by atoms with van der Waals surface area (Å²) in [5.74, 6) is -0.0102. The van der Waals surface area contributed by atoms with Gasteiger partial charge in [-0.1, -0.05) is 60.7 Å². The topological polar surface area (TPSA) is 60.9 Å². The highest BCUT2D eigenvalue weighted by molar-refractivity contribution is 7.89. The van der Waals surface area contributed by atoms with Crippen molar-refractivity contribution in [1.82, 2.24) is 9.21 Å². The third kappa shape index (κ3) is 4.91. The molecule has 166 valence electrons. The molecule has 0 atom stereocenters. The molecule has 3 aromatic carbocycles. The lowest BCUT2D eigenvalue weighted by molar-refractivity contribution is -0.119. The van der Waals surface area contributed by atoms with Crippen molar-refractivity contribution in [3.63, 3.8) is 0 Å². The highest BCUT2D eigenvalue weighted by Gasteiger charge is 2.29. The van der Waals surface area contributed by atoms with E-state index < -0.39 is 10.0 Å². The lowest BCUT2D eigenvalue weighted by Crippen LogP contribution is -2.51. The van der Waals surface area contributed by atoms with Gasteiger partial charge in [-0.15, -0.1) is 0 Å². The van der Waals surface area contributed by atoms with Gasteiger partial charge in [0.15, 0.2) is 0 Å². The molecule has 6 nitrogen and oxygen atoms in total. The van der Waals surface area contributed by atoms with Crippen LogP contribution in [0.1, 0.15) is 0 Å². The second kappa shape index (κ2) is 9.65. The van der Waals surface area contributed by atoms with Crippen molar-refractivity contribution in [2.24, 2.45) is 0 Å². The minimum absolute atomic E-state index is 0.0102. The van der Waals surface area contributed by atoms with Crippen LogP contribution in [-0.4, -0.2) is 63.3 Å². The lowest BCUT2D eigenvalue weighted by atomic mass is 10.1. The second-order valence-corrected chi connectivity index (χ2v) is 9.80. The van der Waals surface area contributed by atoms with Gasteiger partial charge in [0.25, 0.3) is 0 Å². The molecule has 32 heavy (non-hydrogen) atoms. The first kappa shape index (κ1) is 22.2. The van der Waals surface area contributed by atoms with Crippen LogP contribution in [0.4, 0.5) is 5.69 Å². The minimum atomic E-state index is -3.56. The molecule has 4 rings (SSSR count). The Labute approximate surface area is 189 Å². The Kier molecular flexibility index (Phi) is 6.69. The summed E-state index contributed by atoms with van der Waals surface area (Å²) in [6, 6.07) is 26.4. The maximum atomic E-state index is 13.1. The fourth-order valence-corrected chi connectivity index (χ4v) is 5.24. The molecular formula is C25H27N3O3S. The average Bonchev–Trinajstić information content (AvgIpc) is 2.85. The molecule has 0 aromatic heterocycles. The number of piperazine rings is 1. The Morgan fingerprint density at radius 1 is 0.781 bits per heavy atom. The number of nitrogens with zero attached hydrogens (tertiary/aromatic N) is 3. The van der Waals surface area contributed by atoms with E-state index in [9.17, 15) is 13.2 Å². The fourth-order valence-electron chi connectivity index (χ4n) is 3.82. The van der Waals surface area contributed by atoms with Gasteiger partial charge < -0.3 is 4.90 Å². The molecule has 3 aromatic rings. The van der Waals surface area contributed by atoms with Crippen molar-refractivity contribution in [1.29, 1.82) is 0 Å². The van der Waals surface area contributed by atoms with E-state index in [0.717, 1.165) is 16.8 Å². The molecule has 1 fully saturated rings. The molecule has 0 N–H and O–H groups in total. The maximum absolute atomic E-state index is 13.1. The number of anilines is 1. The van der Waals surface area contributed by atoms with Crippen LogP contribution in [0.15, 0.2) is 89.8 Å². The van der Waals surface area contributed by atoms with Crippen LogP contribution >= 0.6 is 0 Å². The Bertz CT molecular complexity index is 1140. The number of benzene rings is 3. The number of carbonyl (C=O) groups is 1. The van der Waals surface area contributed by atoms with Crippen molar-refractivity contribution < 1.29 is 13.2 Å². The Hall–Kier alpha value is -3.00. The van der Waals surface area contributed by atoms with Crippen molar-refractivity contribution in [3.8, 4) is 11.1 Å². The summed E-state index contributed by atoms with van der Waals surface area (Å²) in [4.78, 5) is 16.6. The number of amides is 1. The third-order valence-corrected chi connectivity index (χ3v) is 7.72. The summed E-state index contributed by atoms with van der Waals surface area (Å²) in [6.07, 6.45) is 0. The van der Waals surface area contributed by atoms with E-state index in [0.29, 0.717) is 31.1 Å². The predicted molar refractivity (Wildman–Crippen MR) is 127 cm³/mol. The summed E-state index contributed by atoms with van der Waals surface area (Å²) < 4.78 is 27.7. The SMILES string of the molecule is CN(C(=O)CN1CCN(S(=O)(=O)c2ccc(-c3ccccc3)cc2)CC1)c1ccccc1. The molecule has 0 spiro atoms. The molecule has 1 aliphatic rings. The maximum Gasteiger partial charge on any atom is 0.243 e. The van der Waals surface area contributed by atoms with Crippen LogP contribution in [0, 0.1) is 0 Å². The number of rotatable bonds is 6. The van der Waals surface area contributed by atoms with Gasteiger partial charge in [0.2, 0.25) is 15.9 Å². The van der Waals surface area contributed by atoms with Crippen molar-refractivity contribution in [3.05, 3.63) is 84.9 Å². The summed E-state index contributed by atoms with van der Waals surface area (Å²) >= 11 is 0. The zero-order chi connectivity index (χ0) is 22.6. The van der Waals surface area contributed by atoms with Gasteiger partial charge in [0.1, 0.15) is 0 Å². The molecule has 1 aliphatic heterocycles. The fraction of sp³-hybridized carbons (Fsp3) is 0.240. The highest BCUT2D eigenvalue weighted by atomic mass is 32.2. The van der Waals surface area contributed by atoms with Crippen LogP contribution in [0.5, 0.6) is 0 Å². The van der Waals surface area contributed by atoms with Crippen molar-refractivity contribution in [2.45, 2.75) is 4.90 Å². The minimum Gasteiger partial charge on any atom is -0.314 e. The first-order chi connectivity index (χ1) is 15.4. The Balaban J connectivity index is 1.35. The van der Waals surface area contributed by atoms with Gasteiger partial charge in [0.05, 0.1) is 11.4 Å². The zero-order valence-corrected chi connectivity index (χ0v) is 18.9. The average molecular weight is 450 g/mol. The largest absolute Gasteiger partial charge is 0.314 e. The van der Waals surface area contributed by atoms with Crippen molar-refractivity contribution >= 4 is 21.6 Å². The predicted octanol–water partition coefficient (Wildman–Crippen LogP) is 3.32. The number of carbonyl (C=O) groups excluding carboxylic acids is 1. The molecule has 0 saturated carbocycles. The summed E-state index contributed by atoms with van der Waals surface area (Å²) in [6.45, 7) is 2.05. The molecule has 1 saturated heterocycles. The quantitative estimate of drug-likeness (QED) is 0.579. The smallest absolute Gasteiger partial charge is 0.243 e. The standard InChI is InChI=1S/C25H27N3O3S/c1-26(23-10-6-3-7-11-23)25(29)20-27-16-18-28(19-17-27)32(30,31)24-14-12-22(13-15-24)21-8-4-2-5-9-21/h2-15H,16-20H2,1H3. The van der Waals surface area contributed by atoms with Gasteiger partial charge >= 0.3 is 0 Å². The molecule has 0 bridgehead atoms. The Morgan fingerprint density at radius 2 is 1.31 bits per heavy atom. The summed E-state index contributed by atoms with van der Waals surface area (Å²) in [5, 5.41) is 0. The molecule has 7 heteroatoms. The van der Waals surface area contributed by atoms with Crippen LogP contribution in [0.2, 0.25) is 0 Å². The molecule has 0 radical (unpaired) electrons. The van der Waals surface area contributed by atoms with E-state index in [1.807, 2.05) is 77.7 Å². The van der Waals surface area contributed by atoms with Crippen LogP contribution in [-0.2, 0) is 14.8 Å². The number of likely N-dealkylation sites (N-methyl/N-ethyl adjacent to an activating group) is 1. The van der Waals surface area contributed by atoms with E-state index in [-0.39, 0.29) is 12.5 Å². The van der Waals surface area contributed by atoms with Gasteiger partial charge in [-0.2, -0.15) is 4.31 Å². The van der Waals surface area contributed by atoms with Crippen LogP contribution in [0.3, 0.4) is 0 Å². The molecule has 0 unspecified atom stereocenters. The number of sulfonamides is 1. The monoisotopic (exact) mass is 449 g/mol. The second-order valence-electron chi connectivity index (χ2n) is 7.86. The molecule has 1 amide bonds. The summed E-state index contributed by atoms with van der Waals surface area (Å²) in [5.41, 5.74) is 2.88. The van der Waals surface area contributed by atoms with E-state index in [4.69, 9.17) is 0 Å². The number of hydrogen-bond donors (Lipinski definition) is 0. The van der Waals surface area contributed by atoms with E-state index in [1.165, 1.54) is 4.31 Å².